The van der Waals surface area contributed by atoms with Crippen molar-refractivity contribution in [2.24, 2.45) is 0 Å². The van der Waals surface area contributed by atoms with Crippen LogP contribution >= 0.6 is 11.8 Å². The highest BCUT2D eigenvalue weighted by Crippen LogP contribution is 2.17. The maximum Gasteiger partial charge on any atom is 0.239 e. The largest absolute Gasteiger partial charge is 0.354 e. The summed E-state index contributed by atoms with van der Waals surface area (Å²) in [7, 11) is 0. The van der Waals surface area contributed by atoms with Crippen molar-refractivity contribution in [3.63, 3.8) is 0 Å². The minimum atomic E-state index is -0.146. The Morgan fingerprint density at radius 1 is 1.26 bits per heavy atom. The van der Waals surface area contributed by atoms with Crippen LogP contribution in [0.4, 0.5) is 0 Å². The number of amides is 2. The van der Waals surface area contributed by atoms with Gasteiger partial charge >= 0.3 is 0 Å². The minimum absolute atomic E-state index is 0.0200. The second kappa shape index (κ2) is 7.75. The molecule has 0 atom stereocenters. The summed E-state index contributed by atoms with van der Waals surface area (Å²) in [5.41, 5.74) is 3.46. The van der Waals surface area contributed by atoms with Crippen molar-refractivity contribution < 1.29 is 9.59 Å². The van der Waals surface area contributed by atoms with Gasteiger partial charge in [0.25, 0.3) is 0 Å². The van der Waals surface area contributed by atoms with Gasteiger partial charge in [-0.05, 0) is 18.2 Å². The third-order valence-corrected chi connectivity index (χ3v) is 5.16. The number of nitrogens with one attached hydrogen (secondary N) is 1. The quantitative estimate of drug-likeness (QED) is 0.683. The Hall–Kier alpha value is -2.94. The Bertz CT molecular complexity index is 974. The number of fused-ring (bicyclic) bond motifs is 1. The third-order valence-electron chi connectivity index (χ3n) is 4.21. The van der Waals surface area contributed by atoms with E-state index in [1.165, 1.54) is 11.8 Å². The van der Waals surface area contributed by atoms with Crippen LogP contribution in [0.3, 0.4) is 0 Å². The summed E-state index contributed by atoms with van der Waals surface area (Å²) in [5.74, 6) is 0.923. The second-order valence-corrected chi connectivity index (χ2v) is 7.11. The summed E-state index contributed by atoms with van der Waals surface area (Å²) in [4.78, 5) is 33.7. The highest BCUT2D eigenvalue weighted by molar-refractivity contribution is 8.00. The summed E-state index contributed by atoms with van der Waals surface area (Å²) in [6.45, 7) is 0.586. The van der Waals surface area contributed by atoms with Gasteiger partial charge < -0.3 is 10.2 Å². The van der Waals surface area contributed by atoms with Gasteiger partial charge in [0.15, 0.2) is 5.65 Å². The Kier molecular flexibility index (Phi) is 5.01. The molecule has 0 radical (unpaired) electrons. The average molecular weight is 382 g/mol. The van der Waals surface area contributed by atoms with E-state index in [-0.39, 0.29) is 18.4 Å². The first-order chi connectivity index (χ1) is 13.2. The van der Waals surface area contributed by atoms with E-state index in [0.717, 1.165) is 22.6 Å². The van der Waals surface area contributed by atoms with E-state index in [1.807, 2.05) is 30.5 Å². The number of carbonyl (C=O) groups is 2. The molecule has 1 fully saturated rings. The molecule has 0 unspecified atom stereocenters. The molecule has 2 amide bonds. The van der Waals surface area contributed by atoms with Crippen molar-refractivity contribution >= 4 is 29.2 Å². The first-order valence-electron chi connectivity index (χ1n) is 8.57. The van der Waals surface area contributed by atoms with Crippen LogP contribution in [0.5, 0.6) is 0 Å². The molecular formula is C18H18N6O2S. The van der Waals surface area contributed by atoms with Gasteiger partial charge in [-0.3, -0.25) is 14.6 Å². The molecule has 0 saturated carbocycles. The topological polar surface area (TPSA) is 92.5 Å². The lowest BCUT2D eigenvalue weighted by Gasteiger charge is -2.13. The van der Waals surface area contributed by atoms with Crippen LogP contribution in [-0.4, -0.2) is 61.0 Å². The molecule has 4 heterocycles. The third kappa shape index (κ3) is 4.08. The molecule has 0 aromatic carbocycles. The molecule has 0 spiro atoms. The second-order valence-electron chi connectivity index (χ2n) is 6.16. The predicted molar refractivity (Wildman–Crippen MR) is 102 cm³/mol. The maximum atomic E-state index is 12.0. The summed E-state index contributed by atoms with van der Waals surface area (Å²) in [6, 6.07) is 7.65. The van der Waals surface area contributed by atoms with Crippen LogP contribution in [0.25, 0.3) is 16.9 Å². The van der Waals surface area contributed by atoms with Crippen molar-refractivity contribution in [3.05, 3.63) is 48.5 Å². The van der Waals surface area contributed by atoms with Gasteiger partial charge in [-0.1, -0.05) is 0 Å². The van der Waals surface area contributed by atoms with Crippen molar-refractivity contribution in [3.8, 4) is 11.3 Å². The molecule has 9 heteroatoms. The zero-order valence-electron chi connectivity index (χ0n) is 14.5. The van der Waals surface area contributed by atoms with Crippen LogP contribution in [0.2, 0.25) is 0 Å². The van der Waals surface area contributed by atoms with Crippen molar-refractivity contribution in [2.75, 3.05) is 24.7 Å². The van der Waals surface area contributed by atoms with Gasteiger partial charge in [-0.15, -0.1) is 11.8 Å². The molecular weight excluding hydrogens is 364 g/mol. The van der Waals surface area contributed by atoms with E-state index in [0.29, 0.717) is 24.6 Å². The Morgan fingerprint density at radius 2 is 2.11 bits per heavy atom. The van der Waals surface area contributed by atoms with Gasteiger partial charge in [0.2, 0.25) is 11.8 Å². The molecule has 8 nitrogen and oxygen atoms in total. The molecule has 0 aliphatic carbocycles. The Balaban J connectivity index is 1.35. The fourth-order valence-electron chi connectivity index (χ4n) is 2.83. The number of nitrogens with zero attached hydrogens (tertiary/aromatic N) is 5. The molecule has 1 aliphatic heterocycles. The number of pyridine rings is 1. The van der Waals surface area contributed by atoms with Crippen molar-refractivity contribution in [1.82, 2.24) is 29.8 Å². The number of rotatable bonds is 6. The molecule has 138 valence electrons. The normalized spacial score (nSPS) is 14.1. The van der Waals surface area contributed by atoms with Crippen LogP contribution in [0.1, 0.15) is 5.69 Å². The average Bonchev–Trinajstić information content (AvgIpc) is 3.27. The highest BCUT2D eigenvalue weighted by Gasteiger charge is 2.22. The van der Waals surface area contributed by atoms with Crippen molar-refractivity contribution in [2.45, 2.75) is 6.42 Å². The lowest BCUT2D eigenvalue weighted by atomic mass is 10.2. The van der Waals surface area contributed by atoms with E-state index in [1.54, 1.807) is 21.8 Å². The van der Waals surface area contributed by atoms with Gasteiger partial charge in [-0.2, -0.15) is 5.10 Å². The minimum Gasteiger partial charge on any atom is -0.354 e. The number of hydrogen-bond acceptors (Lipinski definition) is 6. The maximum absolute atomic E-state index is 12.0. The number of carbonyl (C=O) groups excluding carboxylic acids is 2. The molecule has 1 saturated heterocycles. The molecule has 27 heavy (non-hydrogen) atoms. The summed E-state index contributed by atoms with van der Waals surface area (Å²) >= 11 is 1.53. The van der Waals surface area contributed by atoms with Crippen molar-refractivity contribution in [1.29, 1.82) is 0 Å². The van der Waals surface area contributed by atoms with Crippen LogP contribution < -0.4 is 5.32 Å². The molecule has 0 bridgehead atoms. The van der Waals surface area contributed by atoms with Crippen LogP contribution in [-0.2, 0) is 16.0 Å². The molecule has 1 aliphatic rings. The number of hydrogen-bond donors (Lipinski definition) is 1. The summed E-state index contributed by atoms with van der Waals surface area (Å²) in [6.07, 6.45) is 5.94. The van der Waals surface area contributed by atoms with Gasteiger partial charge in [-0.25, -0.2) is 9.50 Å². The Morgan fingerprint density at radius 3 is 2.89 bits per heavy atom. The summed E-state index contributed by atoms with van der Waals surface area (Å²) < 4.78 is 1.72. The smallest absolute Gasteiger partial charge is 0.239 e. The highest BCUT2D eigenvalue weighted by atomic mass is 32.2. The monoisotopic (exact) mass is 382 g/mol. The van der Waals surface area contributed by atoms with Gasteiger partial charge in [0.1, 0.15) is 6.54 Å². The van der Waals surface area contributed by atoms with E-state index < -0.39 is 0 Å². The van der Waals surface area contributed by atoms with Crippen LogP contribution in [0.15, 0.2) is 42.9 Å². The van der Waals surface area contributed by atoms with E-state index in [9.17, 15) is 9.59 Å². The van der Waals surface area contributed by atoms with Gasteiger partial charge in [0.05, 0.1) is 23.0 Å². The van der Waals surface area contributed by atoms with E-state index >= 15 is 0 Å². The van der Waals surface area contributed by atoms with E-state index in [4.69, 9.17) is 0 Å². The van der Waals surface area contributed by atoms with Gasteiger partial charge in [0, 0.05) is 43.2 Å². The first kappa shape index (κ1) is 17.5. The number of thioether (sulfide) groups is 1. The molecule has 3 aromatic rings. The lowest BCUT2D eigenvalue weighted by Crippen LogP contribution is -2.38. The van der Waals surface area contributed by atoms with Crippen LogP contribution in [0, 0.1) is 0 Å². The molecule has 4 rings (SSSR count). The fraction of sp³-hybridized carbons (Fsp3) is 0.278. The Labute approximate surface area is 160 Å². The zero-order chi connectivity index (χ0) is 18.6. The first-order valence-corrected chi connectivity index (χ1v) is 9.72. The molecule has 3 aromatic heterocycles. The summed E-state index contributed by atoms with van der Waals surface area (Å²) in [5, 5.41) is 7.32. The van der Waals surface area contributed by atoms with E-state index in [2.05, 4.69) is 20.4 Å². The SMILES string of the molecule is O=C(CN1CSCC1=O)NCCc1cc2nc(-c3ccncc3)ccn2n1. The molecule has 1 N–H and O–H groups in total. The standard InChI is InChI=1S/C18H18N6O2S/c25-17(10-23-12-27-11-18(23)26)20-7-3-14-9-16-21-15(4-8-24(16)22-14)13-1-5-19-6-2-13/h1-2,4-6,8-9H,3,7,10-12H2,(H,20,25). The lowest BCUT2D eigenvalue weighted by molar-refractivity contribution is -0.132. The zero-order valence-corrected chi connectivity index (χ0v) is 15.4. The fourth-order valence-corrected chi connectivity index (χ4v) is 3.74. The predicted octanol–water partition coefficient (Wildman–Crippen LogP) is 0.983. The number of aromatic nitrogens is 4.